The zero-order valence-electron chi connectivity index (χ0n) is 7.01. The first-order valence-corrected chi connectivity index (χ1v) is 3.48. The number of primary amides is 1. The predicted molar refractivity (Wildman–Crippen MR) is 47.7 cm³/mol. The number of aromatic amines is 1. The number of carbonyl (C=O) groups is 1. The predicted octanol–water partition coefficient (Wildman–Crippen LogP) is -1.17. The van der Waals surface area contributed by atoms with E-state index in [0.29, 0.717) is 5.82 Å². The number of rotatable bonds is 3. The Balaban J connectivity index is 3.30. The number of aromatic nitrogens is 2. The van der Waals surface area contributed by atoms with Crippen molar-refractivity contribution in [1.29, 1.82) is 5.41 Å². The number of hydrogen-bond donors (Lipinski definition) is 5. The van der Waals surface area contributed by atoms with Crippen LogP contribution in [0.3, 0.4) is 0 Å². The van der Waals surface area contributed by atoms with Gasteiger partial charge in [0.1, 0.15) is 11.5 Å². The fourth-order valence-corrected chi connectivity index (χ4v) is 0.963. The second-order valence-electron chi connectivity index (χ2n) is 2.35. The van der Waals surface area contributed by atoms with Gasteiger partial charge in [-0.2, -0.15) is 5.10 Å². The minimum absolute atomic E-state index is 0.0388. The molecule has 7 N–H and O–H groups in total. The molecule has 0 aromatic carbocycles. The maximum absolute atomic E-state index is 10.8. The lowest BCUT2D eigenvalue weighted by atomic mass is 10.2. The summed E-state index contributed by atoms with van der Waals surface area (Å²) in [5.41, 5.74) is 10.5. The molecule has 70 valence electrons. The summed E-state index contributed by atoms with van der Waals surface area (Å²) in [5.74, 6) is -0.618. The molecule has 7 heteroatoms. The third-order valence-corrected chi connectivity index (χ3v) is 1.52. The molecule has 7 nitrogen and oxygen atoms in total. The second kappa shape index (κ2) is 3.13. The Morgan fingerprint density at radius 3 is 2.62 bits per heavy atom. The van der Waals surface area contributed by atoms with Gasteiger partial charge < -0.3 is 16.8 Å². The van der Waals surface area contributed by atoms with Crippen LogP contribution in [-0.2, 0) is 0 Å². The first kappa shape index (κ1) is 9.04. The van der Waals surface area contributed by atoms with Gasteiger partial charge in [-0.25, -0.2) is 0 Å². The van der Waals surface area contributed by atoms with Crippen LogP contribution in [0.4, 0.5) is 5.82 Å². The number of hydrogen-bond acceptors (Lipinski definition) is 4. The van der Waals surface area contributed by atoms with Crippen molar-refractivity contribution in [3.05, 3.63) is 11.3 Å². The summed E-state index contributed by atoms with van der Waals surface area (Å²) in [5, 5.41) is 16.0. The number of anilines is 1. The molecule has 0 spiro atoms. The molecule has 1 rings (SSSR count). The third-order valence-electron chi connectivity index (χ3n) is 1.52. The Morgan fingerprint density at radius 2 is 2.23 bits per heavy atom. The van der Waals surface area contributed by atoms with Crippen molar-refractivity contribution in [1.82, 2.24) is 10.2 Å². The summed E-state index contributed by atoms with van der Waals surface area (Å²) in [4.78, 5) is 10.8. The maximum atomic E-state index is 10.8. The average Bonchev–Trinajstić information content (AvgIpc) is 2.46. The van der Waals surface area contributed by atoms with E-state index in [0.717, 1.165) is 0 Å². The number of amides is 1. The van der Waals surface area contributed by atoms with Gasteiger partial charge in [-0.1, -0.05) is 0 Å². The number of amidine groups is 1. The number of nitrogens with zero attached hydrogens (tertiary/aromatic N) is 1. The highest BCUT2D eigenvalue weighted by Crippen LogP contribution is 2.14. The molecule has 0 unspecified atom stereocenters. The van der Waals surface area contributed by atoms with Crippen molar-refractivity contribution in [3.63, 3.8) is 0 Å². The molecule has 0 fully saturated rings. The molecule has 0 aliphatic rings. The van der Waals surface area contributed by atoms with Crippen molar-refractivity contribution in [2.45, 2.75) is 0 Å². The monoisotopic (exact) mass is 182 g/mol. The van der Waals surface area contributed by atoms with Crippen LogP contribution in [0.2, 0.25) is 0 Å². The van der Waals surface area contributed by atoms with E-state index in [1.807, 2.05) is 0 Å². The smallest absolute Gasteiger partial charge is 0.267 e. The van der Waals surface area contributed by atoms with Crippen LogP contribution in [0.5, 0.6) is 0 Å². The van der Waals surface area contributed by atoms with Crippen LogP contribution < -0.4 is 16.8 Å². The Labute approximate surface area is 74.0 Å². The summed E-state index contributed by atoms with van der Waals surface area (Å²) >= 11 is 0. The molecule has 13 heavy (non-hydrogen) atoms. The molecule has 1 amide bonds. The van der Waals surface area contributed by atoms with E-state index in [1.54, 1.807) is 7.05 Å². The summed E-state index contributed by atoms with van der Waals surface area (Å²) in [6.07, 6.45) is 0. The lowest BCUT2D eigenvalue weighted by Gasteiger charge is -1.99. The largest absolute Gasteiger partial charge is 0.383 e. The third kappa shape index (κ3) is 1.43. The summed E-state index contributed by atoms with van der Waals surface area (Å²) in [6, 6.07) is 0. The standard InChI is InChI=1S/C6H10N6O/c1-10-6-2(4(7)8)3(5(9)13)11-12-6/h1H3,(H3,7,8)(H2,9,13)(H2,10,11,12). The molecule has 0 aliphatic heterocycles. The molecule has 1 heterocycles. The Morgan fingerprint density at radius 1 is 1.62 bits per heavy atom. The normalized spacial score (nSPS) is 9.62. The van der Waals surface area contributed by atoms with Crippen LogP contribution >= 0.6 is 0 Å². The van der Waals surface area contributed by atoms with Gasteiger partial charge in [-0.3, -0.25) is 15.3 Å². The molecule has 0 aliphatic carbocycles. The zero-order valence-corrected chi connectivity index (χ0v) is 7.01. The first-order valence-electron chi connectivity index (χ1n) is 3.48. The Hall–Kier alpha value is -2.05. The van der Waals surface area contributed by atoms with Crippen molar-refractivity contribution < 1.29 is 4.79 Å². The van der Waals surface area contributed by atoms with Crippen molar-refractivity contribution in [3.8, 4) is 0 Å². The lowest BCUT2D eigenvalue weighted by molar-refractivity contribution is 0.0995. The number of nitrogens with one attached hydrogen (secondary N) is 3. The minimum atomic E-state index is -0.695. The SMILES string of the molecule is CNc1n[nH]c(C(N)=O)c1C(=N)N. The summed E-state index contributed by atoms with van der Waals surface area (Å²) < 4.78 is 0. The van der Waals surface area contributed by atoms with Gasteiger partial charge in [0, 0.05) is 7.05 Å². The number of nitrogen functional groups attached to an aromatic ring is 1. The van der Waals surface area contributed by atoms with Crippen molar-refractivity contribution in [2.24, 2.45) is 11.5 Å². The summed E-state index contributed by atoms with van der Waals surface area (Å²) in [6.45, 7) is 0. The van der Waals surface area contributed by atoms with Crippen LogP contribution in [0.25, 0.3) is 0 Å². The van der Waals surface area contributed by atoms with Gasteiger partial charge in [0.15, 0.2) is 5.82 Å². The average molecular weight is 182 g/mol. The van der Waals surface area contributed by atoms with Crippen molar-refractivity contribution in [2.75, 3.05) is 12.4 Å². The number of nitrogens with two attached hydrogens (primary N) is 2. The summed E-state index contributed by atoms with van der Waals surface area (Å²) in [7, 11) is 1.60. The van der Waals surface area contributed by atoms with Crippen LogP contribution in [-0.4, -0.2) is 29.0 Å². The van der Waals surface area contributed by atoms with Gasteiger partial charge in [0.2, 0.25) is 0 Å². The highest BCUT2D eigenvalue weighted by molar-refractivity contribution is 6.09. The van der Waals surface area contributed by atoms with Gasteiger partial charge >= 0.3 is 0 Å². The molecular formula is C6H10N6O. The first-order chi connectivity index (χ1) is 6.07. The molecule has 0 radical (unpaired) electrons. The zero-order chi connectivity index (χ0) is 10.0. The van der Waals surface area contributed by atoms with Gasteiger partial charge in [0.25, 0.3) is 5.91 Å². The van der Waals surface area contributed by atoms with Crippen LogP contribution in [0, 0.1) is 5.41 Å². The number of carbonyl (C=O) groups excluding carboxylic acids is 1. The van der Waals surface area contributed by atoms with E-state index in [2.05, 4.69) is 15.5 Å². The van der Waals surface area contributed by atoms with E-state index in [4.69, 9.17) is 16.9 Å². The fraction of sp³-hybridized carbons (Fsp3) is 0.167. The molecule has 1 aromatic rings. The highest BCUT2D eigenvalue weighted by Gasteiger charge is 2.18. The van der Waals surface area contributed by atoms with Crippen LogP contribution in [0.1, 0.15) is 16.1 Å². The fourth-order valence-electron chi connectivity index (χ4n) is 0.963. The minimum Gasteiger partial charge on any atom is -0.383 e. The Kier molecular flexibility index (Phi) is 2.18. The molecule has 0 saturated carbocycles. The second-order valence-corrected chi connectivity index (χ2v) is 2.35. The molecular weight excluding hydrogens is 172 g/mol. The van der Waals surface area contributed by atoms with E-state index >= 15 is 0 Å². The molecule has 0 atom stereocenters. The number of H-pyrrole nitrogens is 1. The van der Waals surface area contributed by atoms with Gasteiger partial charge in [-0.15, -0.1) is 0 Å². The maximum Gasteiger partial charge on any atom is 0.267 e. The highest BCUT2D eigenvalue weighted by atomic mass is 16.1. The van der Waals surface area contributed by atoms with E-state index in [-0.39, 0.29) is 17.1 Å². The molecule has 0 bridgehead atoms. The van der Waals surface area contributed by atoms with E-state index in [9.17, 15) is 4.79 Å². The lowest BCUT2D eigenvalue weighted by Crippen LogP contribution is -2.20. The van der Waals surface area contributed by atoms with E-state index in [1.165, 1.54) is 0 Å². The quantitative estimate of drug-likeness (QED) is 0.297. The topological polar surface area (TPSA) is 134 Å². The van der Waals surface area contributed by atoms with Crippen LogP contribution in [0.15, 0.2) is 0 Å². The van der Waals surface area contributed by atoms with Gasteiger partial charge in [-0.05, 0) is 0 Å². The molecule has 1 aromatic heterocycles. The Bertz CT molecular complexity index is 354. The van der Waals surface area contributed by atoms with Crippen molar-refractivity contribution >= 4 is 17.6 Å². The molecule has 0 saturated heterocycles. The van der Waals surface area contributed by atoms with E-state index < -0.39 is 5.91 Å². The van der Waals surface area contributed by atoms with Gasteiger partial charge in [0.05, 0.1) is 5.56 Å².